The van der Waals surface area contributed by atoms with Crippen LogP contribution >= 0.6 is 40.5 Å². The largest absolute Gasteiger partial charge is 0.332 e. The normalized spacial score (nSPS) is 22.4. The first-order valence-corrected chi connectivity index (χ1v) is 48.0. The van der Waals surface area contributed by atoms with Crippen LogP contribution in [0.15, 0.2) is 303 Å². The van der Waals surface area contributed by atoms with Crippen LogP contribution < -0.4 is 0 Å². The number of hydrogen-bond acceptors (Lipinski definition) is 7. The fourth-order valence-electron chi connectivity index (χ4n) is 23.9. The molecule has 0 spiro atoms. The van der Waals surface area contributed by atoms with Crippen molar-refractivity contribution in [2.24, 2.45) is 0 Å². The van der Waals surface area contributed by atoms with E-state index in [0.717, 1.165) is 21.8 Å². The number of hydrogen-bond donors (Lipinski definition) is 0. The topological polar surface area (TPSA) is 72.5 Å². The maximum absolute atomic E-state index is 11.8. The standard InChI is InChI=1S/C48H40.C22H22Br2.C20H20.C13H10O.C6H15O3P.C3H6O3/c1-5-15-37(16-6-1)43(38-17-7-2-8-18-38)31-35-23-25-41-42-26-24-36(32-44(39-19-9-3-10-20-39)40-21-11-4-12-22-40)34-46(42)48-29-13-27-47(48,28-14-30-48)45(41)33-35;23-13-15-3-5-17-18-6-4-16(14-24)12-20(18)22-8-1-7-21(22,9-2-10-22)19(17)11-15;1-3-9-17-15(7-1)16-8-2-4-10-18(16)20-13-5-11-19(17,20)12-6-14-20;14-13(11-7-3-1-4-8-11)12-9-5-2-6-10-12;1-4-7-10(8-5-2)9-6-3;1-4-2-6-3-5-1/h1-12,15-26,31-34H,13-14,27-30H2;3-6,11-12H,1-2,7-10,13-14H2;1-4,7-10H,5-6,11-14H2;1-10H;4-6H2,1-3H3;1-3H2. The van der Waals surface area contributed by atoms with Crippen LogP contribution in [0.4, 0.5) is 0 Å². The van der Waals surface area contributed by atoms with Crippen molar-refractivity contribution in [3.63, 3.8) is 0 Å². The molecule has 9 aliphatic carbocycles. The molecule has 12 aromatic carbocycles. The van der Waals surface area contributed by atoms with Crippen molar-refractivity contribution in [1.82, 2.24) is 0 Å². The van der Waals surface area contributed by atoms with E-state index < -0.39 is 8.60 Å². The summed E-state index contributed by atoms with van der Waals surface area (Å²) in [5.74, 6) is 0.0752. The summed E-state index contributed by atoms with van der Waals surface area (Å²) >= 11 is 7.34. The average molecular weight is 1760 g/mol. The van der Waals surface area contributed by atoms with Gasteiger partial charge in [0.25, 0.3) is 0 Å². The molecule has 0 bridgehead atoms. The van der Waals surface area contributed by atoms with Crippen molar-refractivity contribution < 1.29 is 32.6 Å². The molecule has 7 fully saturated rings. The van der Waals surface area contributed by atoms with Gasteiger partial charge in [-0.05, 0) is 232 Å². The molecule has 1 saturated heterocycles. The lowest BCUT2D eigenvalue weighted by atomic mass is 9.55. The van der Waals surface area contributed by atoms with Gasteiger partial charge in [-0.2, -0.15) is 0 Å². The molecule has 0 amide bonds. The molecule has 0 unspecified atom stereocenters. The highest BCUT2D eigenvalue weighted by molar-refractivity contribution is 9.08. The van der Waals surface area contributed by atoms with Crippen LogP contribution in [0.3, 0.4) is 0 Å². The first-order valence-electron chi connectivity index (χ1n) is 44.7. The molecular weight excluding hydrogens is 1650 g/mol. The average Bonchev–Trinajstić information content (AvgIpc) is 1.51. The Morgan fingerprint density at radius 3 is 0.803 bits per heavy atom. The summed E-state index contributed by atoms with van der Waals surface area (Å²) in [6, 6.07) is 110. The van der Waals surface area contributed by atoms with Gasteiger partial charge in [-0.15, -0.1) is 0 Å². The van der Waals surface area contributed by atoms with Gasteiger partial charge in [0.2, 0.25) is 0 Å². The predicted molar refractivity (Wildman–Crippen MR) is 510 cm³/mol. The number of carbonyl (C=O) groups excluding carboxylic acids is 1. The predicted octanol–water partition coefficient (Wildman–Crippen LogP) is 29.8. The smallest absolute Gasteiger partial charge is 0.329 e. The fourth-order valence-corrected chi connectivity index (χ4v) is 25.5. The maximum atomic E-state index is 11.8. The van der Waals surface area contributed by atoms with E-state index in [0.29, 0.717) is 61.9 Å². The number of fused-ring (bicyclic) bond motifs is 9. The Labute approximate surface area is 742 Å². The molecule has 12 aromatic rings. The van der Waals surface area contributed by atoms with Gasteiger partial charge in [0, 0.05) is 54.3 Å². The van der Waals surface area contributed by atoms with Gasteiger partial charge in [0.15, 0.2) is 26.2 Å². The van der Waals surface area contributed by atoms with Crippen LogP contribution in [0.5, 0.6) is 0 Å². The molecule has 0 N–H and O–H groups in total. The van der Waals surface area contributed by atoms with Gasteiger partial charge in [-0.3, -0.25) is 4.79 Å². The molecule has 1 aliphatic heterocycles. The van der Waals surface area contributed by atoms with Crippen molar-refractivity contribution in [2.75, 3.05) is 40.2 Å². The third kappa shape index (κ3) is 16.3. The van der Waals surface area contributed by atoms with Crippen LogP contribution in [0, 0.1) is 0 Å². The van der Waals surface area contributed by atoms with Crippen molar-refractivity contribution in [3.05, 3.63) is 392 Å². The lowest BCUT2D eigenvalue weighted by Crippen LogP contribution is -2.43. The van der Waals surface area contributed by atoms with Gasteiger partial charge in [-0.25, -0.2) is 0 Å². The molecule has 10 heteroatoms. The van der Waals surface area contributed by atoms with Gasteiger partial charge >= 0.3 is 8.60 Å². The number of carbonyl (C=O) groups is 1. The molecular formula is C112H113Br2O7P. The van der Waals surface area contributed by atoms with Crippen LogP contribution in [0.25, 0.3) is 56.7 Å². The molecule has 0 aromatic heterocycles. The van der Waals surface area contributed by atoms with Gasteiger partial charge in [0.1, 0.15) is 0 Å². The van der Waals surface area contributed by atoms with E-state index in [4.69, 9.17) is 13.6 Å². The summed E-state index contributed by atoms with van der Waals surface area (Å²) in [5.41, 5.74) is 35.4. The number of halogens is 2. The summed E-state index contributed by atoms with van der Waals surface area (Å²) in [7, 11) is -1.06. The second-order valence-corrected chi connectivity index (χ2v) is 36.8. The molecule has 6 saturated carbocycles. The van der Waals surface area contributed by atoms with E-state index in [2.05, 4.69) is 301 Å². The third-order valence-electron chi connectivity index (χ3n) is 28.6. The molecule has 122 heavy (non-hydrogen) atoms. The Hall–Kier alpha value is -9.06. The minimum atomic E-state index is -1.06. The lowest BCUT2D eigenvalue weighted by molar-refractivity contribution is -0.247. The zero-order valence-electron chi connectivity index (χ0n) is 71.0. The van der Waals surface area contributed by atoms with Gasteiger partial charge < -0.3 is 27.8 Å². The van der Waals surface area contributed by atoms with Crippen molar-refractivity contribution in [3.8, 4) is 33.4 Å². The lowest BCUT2D eigenvalue weighted by Gasteiger charge is -2.48. The molecule has 0 radical (unpaired) electrons. The molecule has 10 aliphatic rings. The van der Waals surface area contributed by atoms with E-state index in [1.54, 1.807) is 33.4 Å². The highest BCUT2D eigenvalue weighted by atomic mass is 79.9. The van der Waals surface area contributed by atoms with Crippen LogP contribution in [-0.4, -0.2) is 46.0 Å². The van der Waals surface area contributed by atoms with E-state index in [9.17, 15) is 4.79 Å². The molecule has 0 atom stereocenters. The summed E-state index contributed by atoms with van der Waals surface area (Å²) < 4.78 is 29.3. The maximum Gasteiger partial charge on any atom is 0.332 e. The van der Waals surface area contributed by atoms with E-state index in [1.807, 2.05) is 81.4 Å². The number of alkyl halides is 2. The Morgan fingerprint density at radius 1 is 0.295 bits per heavy atom. The first-order chi connectivity index (χ1) is 60.1. The fraction of sp³-hybridized carbons (Fsp3) is 0.312. The summed E-state index contributed by atoms with van der Waals surface area (Å²) in [6.07, 6.45) is 29.3. The second-order valence-electron chi connectivity index (χ2n) is 34.4. The SMILES string of the molecule is BrCc1ccc2c(c1)C13CCCC1(CCC3)c1cc(CBr)ccc1-2.C(=C(c1ccccc1)c1ccccc1)c1ccc2c(c1)C13CCCC1(CCC3)c1cc(C=C(c3ccccc3)c3ccccc3)ccc1-2.C1OCOCO1.CCOP(OCC)OCC.O=C(c1ccccc1)c1ccccc1.c1ccc2c(c1)-c1ccccc1C13CCCC21CCC3. The molecule has 622 valence electrons. The highest BCUT2D eigenvalue weighted by Crippen LogP contribution is 2.72. The van der Waals surface area contributed by atoms with Crippen LogP contribution in [0.2, 0.25) is 0 Å². The van der Waals surface area contributed by atoms with Crippen molar-refractivity contribution >= 4 is 69.5 Å². The minimum absolute atomic E-state index is 0.0752. The Balaban J connectivity index is 0.000000119. The van der Waals surface area contributed by atoms with Crippen molar-refractivity contribution in [2.45, 2.75) is 179 Å². The Kier molecular flexibility index (Phi) is 26.9. The minimum Gasteiger partial charge on any atom is -0.329 e. The quantitative estimate of drug-likeness (QED) is 0.0413. The summed E-state index contributed by atoms with van der Waals surface area (Å²) in [4.78, 5) is 11.8. The third-order valence-corrected chi connectivity index (χ3v) is 31.3. The zero-order valence-corrected chi connectivity index (χ0v) is 75.0. The van der Waals surface area contributed by atoms with Gasteiger partial charge in [-0.1, -0.05) is 374 Å². The van der Waals surface area contributed by atoms with E-state index in [1.165, 1.54) is 205 Å². The van der Waals surface area contributed by atoms with E-state index in [-0.39, 0.29) is 16.6 Å². The first kappa shape index (κ1) is 85.1. The summed E-state index contributed by atoms with van der Waals surface area (Å²) in [5, 5.41) is 1.91. The second kappa shape index (κ2) is 38.6. The Morgan fingerprint density at radius 2 is 0.533 bits per heavy atom. The number of rotatable bonds is 16. The Bertz CT molecular complexity index is 5170. The van der Waals surface area contributed by atoms with E-state index >= 15 is 0 Å². The van der Waals surface area contributed by atoms with Crippen LogP contribution in [-0.2, 0) is 70.9 Å². The van der Waals surface area contributed by atoms with Crippen LogP contribution in [0.1, 0.15) is 230 Å². The number of ether oxygens (including phenoxy) is 3. The monoisotopic (exact) mass is 1760 g/mol. The molecule has 7 nitrogen and oxygen atoms in total. The van der Waals surface area contributed by atoms with Crippen molar-refractivity contribution in [1.29, 1.82) is 0 Å². The number of benzene rings is 12. The zero-order chi connectivity index (χ0) is 83.4. The molecule has 22 rings (SSSR count). The van der Waals surface area contributed by atoms with Gasteiger partial charge in [0.05, 0.1) is 19.8 Å². The molecule has 1 heterocycles. The summed E-state index contributed by atoms with van der Waals surface area (Å²) in [6.45, 7) is 8.83. The number of ketones is 1. The highest BCUT2D eigenvalue weighted by Gasteiger charge is 2.65.